The molecule has 0 radical (unpaired) electrons. The Labute approximate surface area is 72.7 Å². The molecule has 0 aromatic heterocycles. The summed E-state index contributed by atoms with van der Waals surface area (Å²) in [7, 11) is 0. The zero-order valence-electron chi connectivity index (χ0n) is 9.28. The van der Waals surface area contributed by atoms with Gasteiger partial charge in [-0.15, -0.1) is 0 Å². The van der Waals surface area contributed by atoms with Crippen molar-refractivity contribution in [3.05, 3.63) is 12.2 Å². The average Bonchev–Trinajstić information content (AvgIpc) is 1.89. The van der Waals surface area contributed by atoms with Gasteiger partial charge in [0.2, 0.25) is 0 Å². The summed E-state index contributed by atoms with van der Waals surface area (Å²) < 4.78 is 0. The Balaban J connectivity index is 0. The molecule has 0 fully saturated rings. The SMILES string of the molecule is C=C(C)[C@@H](C)C(C)(C)C.CC. The first-order valence-electron chi connectivity index (χ1n) is 4.51. The monoisotopic (exact) mass is 156 g/mol. The van der Waals surface area contributed by atoms with Crippen LogP contribution in [0.15, 0.2) is 12.2 Å². The van der Waals surface area contributed by atoms with Crippen molar-refractivity contribution >= 4 is 0 Å². The van der Waals surface area contributed by atoms with Crippen molar-refractivity contribution in [3.8, 4) is 0 Å². The Bertz CT molecular complexity index is 104. The van der Waals surface area contributed by atoms with E-state index in [2.05, 4.69) is 41.2 Å². The van der Waals surface area contributed by atoms with Crippen molar-refractivity contribution in [2.24, 2.45) is 11.3 Å². The lowest BCUT2D eigenvalue weighted by Crippen LogP contribution is -2.17. The van der Waals surface area contributed by atoms with Gasteiger partial charge in [0, 0.05) is 0 Å². The summed E-state index contributed by atoms with van der Waals surface area (Å²) in [4.78, 5) is 0. The minimum Gasteiger partial charge on any atom is -0.0999 e. The highest BCUT2D eigenvalue weighted by Crippen LogP contribution is 2.29. The molecule has 0 saturated carbocycles. The Hall–Kier alpha value is -0.260. The number of rotatable bonds is 1. The summed E-state index contributed by atoms with van der Waals surface area (Å²) in [6, 6.07) is 0. The maximum Gasteiger partial charge on any atom is -0.0188 e. The molecule has 0 rings (SSSR count). The first-order chi connectivity index (χ1) is 4.85. The largest absolute Gasteiger partial charge is 0.0999 e. The molecule has 0 aromatic rings. The van der Waals surface area contributed by atoms with Crippen LogP contribution in [0.4, 0.5) is 0 Å². The van der Waals surface area contributed by atoms with E-state index in [9.17, 15) is 0 Å². The molecule has 68 valence electrons. The minimum absolute atomic E-state index is 0.381. The smallest absolute Gasteiger partial charge is 0.0188 e. The predicted octanol–water partition coefficient (Wildman–Crippen LogP) is 4.27. The quantitative estimate of drug-likeness (QED) is 0.497. The predicted molar refractivity (Wildman–Crippen MR) is 54.8 cm³/mol. The van der Waals surface area contributed by atoms with E-state index in [1.807, 2.05) is 13.8 Å². The Morgan fingerprint density at radius 2 is 1.45 bits per heavy atom. The van der Waals surface area contributed by atoms with Crippen LogP contribution in [0.5, 0.6) is 0 Å². The lowest BCUT2D eigenvalue weighted by molar-refractivity contribution is 0.301. The summed E-state index contributed by atoms with van der Waals surface area (Å²) in [5.41, 5.74) is 1.66. The maximum absolute atomic E-state index is 3.92. The summed E-state index contributed by atoms with van der Waals surface area (Å²) in [5.74, 6) is 0.623. The van der Waals surface area contributed by atoms with Gasteiger partial charge in [-0.05, 0) is 18.3 Å². The summed E-state index contributed by atoms with van der Waals surface area (Å²) in [6.45, 7) is 19.0. The maximum atomic E-state index is 3.92. The van der Waals surface area contributed by atoms with Gasteiger partial charge in [-0.25, -0.2) is 0 Å². The van der Waals surface area contributed by atoms with Gasteiger partial charge < -0.3 is 0 Å². The fraction of sp³-hybridized carbons (Fsp3) is 0.818. The van der Waals surface area contributed by atoms with Crippen LogP contribution in [0.2, 0.25) is 0 Å². The van der Waals surface area contributed by atoms with Crippen LogP contribution in [-0.4, -0.2) is 0 Å². The third kappa shape index (κ3) is 6.15. The van der Waals surface area contributed by atoms with Crippen LogP contribution in [-0.2, 0) is 0 Å². The van der Waals surface area contributed by atoms with Crippen molar-refractivity contribution in [3.63, 3.8) is 0 Å². The third-order valence-corrected chi connectivity index (χ3v) is 2.04. The third-order valence-electron chi connectivity index (χ3n) is 2.04. The molecule has 0 heterocycles. The van der Waals surface area contributed by atoms with Gasteiger partial charge in [0.15, 0.2) is 0 Å². The van der Waals surface area contributed by atoms with Gasteiger partial charge in [-0.2, -0.15) is 0 Å². The van der Waals surface area contributed by atoms with Crippen LogP contribution in [0.3, 0.4) is 0 Å². The molecular weight excluding hydrogens is 132 g/mol. The molecule has 0 aliphatic carbocycles. The number of allylic oxidation sites excluding steroid dienone is 1. The van der Waals surface area contributed by atoms with Crippen LogP contribution >= 0.6 is 0 Å². The van der Waals surface area contributed by atoms with E-state index >= 15 is 0 Å². The molecule has 0 N–H and O–H groups in total. The van der Waals surface area contributed by atoms with Gasteiger partial charge in [-0.3, -0.25) is 0 Å². The molecule has 0 aliphatic heterocycles. The topological polar surface area (TPSA) is 0 Å². The highest BCUT2D eigenvalue weighted by Gasteiger charge is 2.19. The zero-order chi connectivity index (χ0) is 9.65. The molecule has 0 unspecified atom stereocenters. The minimum atomic E-state index is 0.381. The van der Waals surface area contributed by atoms with Crippen molar-refractivity contribution < 1.29 is 0 Å². The van der Waals surface area contributed by atoms with E-state index in [4.69, 9.17) is 0 Å². The zero-order valence-corrected chi connectivity index (χ0v) is 9.28. The van der Waals surface area contributed by atoms with Gasteiger partial charge >= 0.3 is 0 Å². The summed E-state index contributed by atoms with van der Waals surface area (Å²) in [5, 5.41) is 0. The molecule has 0 heteroatoms. The van der Waals surface area contributed by atoms with Crippen LogP contribution in [0.25, 0.3) is 0 Å². The van der Waals surface area contributed by atoms with E-state index in [1.54, 1.807) is 0 Å². The van der Waals surface area contributed by atoms with Crippen molar-refractivity contribution in [1.29, 1.82) is 0 Å². The molecule has 0 aromatic carbocycles. The molecule has 0 spiro atoms. The summed E-state index contributed by atoms with van der Waals surface area (Å²) >= 11 is 0. The van der Waals surface area contributed by atoms with Crippen LogP contribution < -0.4 is 0 Å². The van der Waals surface area contributed by atoms with E-state index in [0.29, 0.717) is 11.3 Å². The molecule has 0 saturated heterocycles. The first-order valence-corrected chi connectivity index (χ1v) is 4.51. The Kier molecular flexibility index (Phi) is 6.55. The van der Waals surface area contributed by atoms with Crippen LogP contribution in [0.1, 0.15) is 48.5 Å². The molecular formula is C11H24. The Morgan fingerprint density at radius 1 is 1.18 bits per heavy atom. The first kappa shape index (κ1) is 13.3. The molecule has 0 aliphatic rings. The second-order valence-electron chi connectivity index (χ2n) is 3.93. The van der Waals surface area contributed by atoms with Gasteiger partial charge in [-0.1, -0.05) is 53.7 Å². The van der Waals surface area contributed by atoms with Crippen molar-refractivity contribution in [2.45, 2.75) is 48.5 Å². The molecule has 11 heavy (non-hydrogen) atoms. The molecule has 1 atom stereocenters. The lowest BCUT2D eigenvalue weighted by Gasteiger charge is -2.27. The lowest BCUT2D eigenvalue weighted by atomic mass is 9.78. The van der Waals surface area contributed by atoms with Gasteiger partial charge in [0.1, 0.15) is 0 Å². The fourth-order valence-corrected chi connectivity index (χ4v) is 0.739. The van der Waals surface area contributed by atoms with Gasteiger partial charge in [0.05, 0.1) is 0 Å². The Morgan fingerprint density at radius 3 is 1.45 bits per heavy atom. The van der Waals surface area contributed by atoms with Crippen molar-refractivity contribution in [1.82, 2.24) is 0 Å². The highest BCUT2D eigenvalue weighted by atomic mass is 14.2. The normalized spacial score (nSPS) is 13.0. The molecule has 0 bridgehead atoms. The average molecular weight is 156 g/mol. The van der Waals surface area contributed by atoms with E-state index in [1.165, 1.54) is 5.57 Å². The molecule has 0 amide bonds. The van der Waals surface area contributed by atoms with E-state index in [0.717, 1.165) is 0 Å². The van der Waals surface area contributed by atoms with E-state index in [-0.39, 0.29) is 0 Å². The second kappa shape index (κ2) is 5.40. The fourth-order valence-electron chi connectivity index (χ4n) is 0.739. The van der Waals surface area contributed by atoms with Gasteiger partial charge in [0.25, 0.3) is 0 Å². The summed E-state index contributed by atoms with van der Waals surface area (Å²) in [6.07, 6.45) is 0. The highest BCUT2D eigenvalue weighted by molar-refractivity contribution is 4.98. The van der Waals surface area contributed by atoms with E-state index < -0.39 is 0 Å². The second-order valence-corrected chi connectivity index (χ2v) is 3.93. The number of hydrogen-bond acceptors (Lipinski definition) is 0. The number of hydrogen-bond donors (Lipinski definition) is 0. The van der Waals surface area contributed by atoms with Crippen LogP contribution in [0, 0.1) is 11.3 Å². The van der Waals surface area contributed by atoms with Crippen molar-refractivity contribution in [2.75, 3.05) is 0 Å². The standard InChI is InChI=1S/C9H18.C2H6/c1-7(2)8(3)9(4,5)6;1-2/h8H,1H2,2-6H3;1-2H3/t8-;/m1./s1. The molecule has 0 nitrogen and oxygen atoms in total.